The molecule has 3 rings (SSSR count). The topological polar surface area (TPSA) is 92.8 Å². The Morgan fingerprint density at radius 2 is 2.29 bits per heavy atom. The maximum atomic E-state index is 13.7. The highest BCUT2D eigenvalue weighted by Crippen LogP contribution is 2.32. The number of nitriles is 2. The van der Waals surface area contributed by atoms with Crippen LogP contribution >= 0.6 is 11.3 Å². The van der Waals surface area contributed by atoms with Gasteiger partial charge in [-0.05, 0) is 30.7 Å². The molecule has 1 atom stereocenters. The van der Waals surface area contributed by atoms with E-state index in [1.54, 1.807) is 12.1 Å². The molecule has 2 aromatic rings. The number of rotatable bonds is 3. The van der Waals surface area contributed by atoms with E-state index in [2.05, 4.69) is 10.3 Å². The second kappa shape index (κ2) is 6.75. The molecule has 24 heavy (non-hydrogen) atoms. The lowest BCUT2D eigenvalue weighted by Crippen LogP contribution is -2.33. The first-order valence-corrected chi connectivity index (χ1v) is 8.06. The first-order chi connectivity index (χ1) is 11.6. The third-order valence-corrected chi connectivity index (χ3v) is 4.82. The summed E-state index contributed by atoms with van der Waals surface area (Å²) in [7, 11) is 0. The van der Waals surface area contributed by atoms with Crippen LogP contribution in [0.2, 0.25) is 0 Å². The van der Waals surface area contributed by atoms with Gasteiger partial charge < -0.3 is 5.32 Å². The third-order valence-electron chi connectivity index (χ3n) is 3.79. The Kier molecular flexibility index (Phi) is 4.52. The van der Waals surface area contributed by atoms with Gasteiger partial charge in [0.1, 0.15) is 11.9 Å². The van der Waals surface area contributed by atoms with Crippen LogP contribution in [-0.2, 0) is 4.79 Å². The number of nitrogens with zero attached hydrogens (tertiary/aromatic N) is 4. The molecule has 1 aliphatic heterocycles. The van der Waals surface area contributed by atoms with E-state index in [0.29, 0.717) is 23.4 Å². The van der Waals surface area contributed by atoms with Gasteiger partial charge in [-0.1, -0.05) is 17.4 Å². The van der Waals surface area contributed by atoms with E-state index < -0.39 is 5.82 Å². The quantitative estimate of drug-likeness (QED) is 0.683. The van der Waals surface area contributed by atoms with Crippen LogP contribution in [-0.4, -0.2) is 24.0 Å². The molecule has 1 amide bonds. The summed E-state index contributed by atoms with van der Waals surface area (Å²) in [5.74, 6) is -1.13. The fourth-order valence-corrected chi connectivity index (χ4v) is 3.37. The lowest BCUT2D eigenvalue weighted by molar-refractivity contribution is -0.121. The Labute approximate surface area is 141 Å². The fourth-order valence-electron chi connectivity index (χ4n) is 2.50. The van der Waals surface area contributed by atoms with Gasteiger partial charge in [0.15, 0.2) is 6.19 Å². The van der Waals surface area contributed by atoms with E-state index in [4.69, 9.17) is 5.26 Å². The molecule has 0 bridgehead atoms. The predicted molar refractivity (Wildman–Crippen MR) is 86.3 cm³/mol. The average molecular weight is 341 g/mol. The monoisotopic (exact) mass is 341 g/mol. The van der Waals surface area contributed by atoms with E-state index in [-0.39, 0.29) is 22.5 Å². The lowest BCUT2D eigenvalue weighted by Gasteiger charge is -2.14. The van der Waals surface area contributed by atoms with Gasteiger partial charge in [0.2, 0.25) is 11.0 Å². The van der Waals surface area contributed by atoms with Crippen molar-refractivity contribution in [3.05, 3.63) is 35.8 Å². The van der Waals surface area contributed by atoms with Crippen molar-refractivity contribution in [2.24, 2.45) is 5.92 Å². The number of carbonyl (C=O) groups is 1. The van der Waals surface area contributed by atoms with Crippen LogP contribution in [0.3, 0.4) is 0 Å². The van der Waals surface area contributed by atoms with Gasteiger partial charge in [-0.2, -0.15) is 15.4 Å². The largest absolute Gasteiger partial charge is 0.316 e. The molecule has 0 aliphatic carbocycles. The number of halogens is 1. The Balaban J connectivity index is 1.86. The maximum Gasteiger partial charge on any atom is 0.246 e. The van der Waals surface area contributed by atoms with Crippen molar-refractivity contribution in [1.29, 1.82) is 10.5 Å². The first kappa shape index (κ1) is 16.1. The van der Waals surface area contributed by atoms with Crippen LogP contribution in [0.5, 0.6) is 0 Å². The van der Waals surface area contributed by atoms with Gasteiger partial charge in [-0.15, -0.1) is 0 Å². The molecule has 1 N–H and O–H groups in total. The zero-order valence-corrected chi connectivity index (χ0v) is 13.3. The zero-order chi connectivity index (χ0) is 17.1. The summed E-state index contributed by atoms with van der Waals surface area (Å²) >= 11 is 1.13. The van der Waals surface area contributed by atoms with Crippen molar-refractivity contribution in [2.75, 3.05) is 18.0 Å². The molecule has 2 heterocycles. The van der Waals surface area contributed by atoms with Crippen molar-refractivity contribution >= 4 is 22.4 Å². The van der Waals surface area contributed by atoms with E-state index >= 15 is 0 Å². The highest BCUT2D eigenvalue weighted by Gasteiger charge is 2.29. The van der Waals surface area contributed by atoms with E-state index in [0.717, 1.165) is 22.8 Å². The van der Waals surface area contributed by atoms with E-state index in [1.165, 1.54) is 18.3 Å². The number of hydrogen-bond acceptors (Lipinski definition) is 6. The number of benzene rings is 1. The maximum absolute atomic E-state index is 13.7. The highest BCUT2D eigenvalue weighted by molar-refractivity contribution is 7.19. The fraction of sp³-hybridized carbons (Fsp3) is 0.250. The number of carbonyl (C=O) groups excluding carboxylic acids is 1. The minimum absolute atomic E-state index is 0.0361. The van der Waals surface area contributed by atoms with Crippen LogP contribution in [0.1, 0.15) is 12.0 Å². The van der Waals surface area contributed by atoms with Gasteiger partial charge in [0, 0.05) is 12.7 Å². The lowest BCUT2D eigenvalue weighted by atomic mass is 10.1. The Morgan fingerprint density at radius 1 is 1.46 bits per heavy atom. The molecule has 0 unspecified atom stereocenters. The Hall–Kier alpha value is -2.81. The van der Waals surface area contributed by atoms with Crippen molar-refractivity contribution in [1.82, 2.24) is 10.3 Å². The van der Waals surface area contributed by atoms with Gasteiger partial charge in [-0.3, -0.25) is 4.79 Å². The average Bonchev–Trinajstić information content (AvgIpc) is 3.27. The van der Waals surface area contributed by atoms with E-state index in [1.807, 2.05) is 6.19 Å². The summed E-state index contributed by atoms with van der Waals surface area (Å²) in [5.41, 5.74) is 0.508. The molecule has 0 saturated carbocycles. The number of amides is 1. The summed E-state index contributed by atoms with van der Waals surface area (Å²) in [6.07, 6.45) is 4.06. The molecular formula is C16H12FN5OS. The smallest absolute Gasteiger partial charge is 0.246 e. The molecule has 1 saturated heterocycles. The van der Waals surface area contributed by atoms with Gasteiger partial charge in [-0.25, -0.2) is 9.37 Å². The van der Waals surface area contributed by atoms with Gasteiger partial charge in [0.25, 0.3) is 0 Å². The minimum atomic E-state index is -0.616. The van der Waals surface area contributed by atoms with Crippen LogP contribution < -0.4 is 10.2 Å². The Morgan fingerprint density at radius 3 is 2.92 bits per heavy atom. The molecule has 1 aromatic heterocycles. The number of thiazole rings is 1. The summed E-state index contributed by atoms with van der Waals surface area (Å²) in [5, 5.41) is 21.4. The second-order valence-corrected chi connectivity index (χ2v) is 6.29. The van der Waals surface area contributed by atoms with Crippen molar-refractivity contribution < 1.29 is 9.18 Å². The normalized spacial score (nSPS) is 16.4. The number of hydrogen-bond donors (Lipinski definition) is 1. The van der Waals surface area contributed by atoms with Crippen LogP contribution in [0.4, 0.5) is 9.52 Å². The van der Waals surface area contributed by atoms with Gasteiger partial charge >= 0.3 is 0 Å². The molecular weight excluding hydrogens is 329 g/mol. The number of anilines is 1. The summed E-state index contributed by atoms with van der Waals surface area (Å²) in [6, 6.07) is 6.01. The van der Waals surface area contributed by atoms with E-state index in [9.17, 15) is 14.4 Å². The third kappa shape index (κ3) is 2.98. The molecule has 1 aliphatic rings. The van der Waals surface area contributed by atoms with Crippen LogP contribution in [0.15, 0.2) is 24.4 Å². The SMILES string of the molecule is N#Cc1ccc(-c2cnc(N(C#N)C(=O)[C@H]3CCNC3)s2)cc1F. The zero-order valence-electron chi connectivity index (χ0n) is 12.5. The van der Waals surface area contributed by atoms with Gasteiger partial charge in [0.05, 0.1) is 16.4 Å². The molecule has 120 valence electrons. The number of aromatic nitrogens is 1. The standard InChI is InChI=1S/C16H12FN5OS/c17-13-5-10(1-2-11(13)6-18)14-8-21-16(24-14)22(9-19)15(23)12-3-4-20-7-12/h1-2,5,8,12,20H,3-4,7H2/t12-/m0/s1. The van der Waals surface area contributed by atoms with Crippen LogP contribution in [0.25, 0.3) is 10.4 Å². The molecule has 0 spiro atoms. The Bertz CT molecular complexity index is 860. The first-order valence-electron chi connectivity index (χ1n) is 7.24. The molecule has 6 nitrogen and oxygen atoms in total. The molecule has 0 radical (unpaired) electrons. The predicted octanol–water partition coefficient (Wildman–Crippen LogP) is 2.24. The minimum Gasteiger partial charge on any atom is -0.316 e. The summed E-state index contributed by atoms with van der Waals surface area (Å²) in [4.78, 5) is 18.1. The molecule has 8 heteroatoms. The molecule has 1 aromatic carbocycles. The summed E-state index contributed by atoms with van der Waals surface area (Å²) in [6.45, 7) is 1.30. The number of nitrogens with one attached hydrogen (secondary N) is 1. The van der Waals surface area contributed by atoms with Crippen molar-refractivity contribution in [2.45, 2.75) is 6.42 Å². The summed E-state index contributed by atoms with van der Waals surface area (Å²) < 4.78 is 13.7. The second-order valence-electron chi connectivity index (χ2n) is 5.28. The van der Waals surface area contributed by atoms with Crippen molar-refractivity contribution in [3.8, 4) is 22.7 Å². The molecule has 1 fully saturated rings. The van der Waals surface area contributed by atoms with Crippen LogP contribution in [0, 0.1) is 34.5 Å². The highest BCUT2D eigenvalue weighted by atomic mass is 32.1. The van der Waals surface area contributed by atoms with Crippen molar-refractivity contribution in [3.63, 3.8) is 0 Å².